The van der Waals surface area contributed by atoms with Gasteiger partial charge < -0.3 is 4.74 Å². The number of rotatable bonds is 3. The molecule has 0 heterocycles. The maximum atomic E-state index is 6.11. The second-order valence-corrected chi connectivity index (χ2v) is 5.38. The Morgan fingerprint density at radius 2 is 1.94 bits per heavy atom. The van der Waals surface area contributed by atoms with Crippen molar-refractivity contribution in [1.29, 1.82) is 0 Å². The Balaban J connectivity index is 2.24. The first-order valence-corrected chi connectivity index (χ1v) is 6.96. The van der Waals surface area contributed by atoms with Crippen LogP contribution >= 0.6 is 45.8 Å². The van der Waals surface area contributed by atoms with Crippen LogP contribution in [0.2, 0.25) is 5.02 Å². The summed E-state index contributed by atoms with van der Waals surface area (Å²) in [4.78, 5) is 0. The van der Waals surface area contributed by atoms with Crippen LogP contribution in [0.1, 0.15) is 5.56 Å². The average Bonchev–Trinajstić information content (AvgIpc) is 2.32. The van der Waals surface area contributed by atoms with E-state index in [2.05, 4.69) is 22.6 Å². The van der Waals surface area contributed by atoms with Gasteiger partial charge in [-0.25, -0.2) is 0 Å². The summed E-state index contributed by atoms with van der Waals surface area (Å²) in [5, 5.41) is 0.571. The molecule has 0 aliphatic carbocycles. The first kappa shape index (κ1) is 13.0. The molecule has 1 nitrogen and oxygen atoms in total. The second kappa shape index (κ2) is 5.94. The van der Waals surface area contributed by atoms with Crippen molar-refractivity contribution in [3.05, 3.63) is 56.6 Å². The summed E-state index contributed by atoms with van der Waals surface area (Å²) >= 11 is 14.1. The van der Waals surface area contributed by atoms with Crippen LogP contribution < -0.4 is 4.74 Å². The summed E-state index contributed by atoms with van der Waals surface area (Å²) in [6.45, 7) is 0. The Morgan fingerprint density at radius 1 is 1.12 bits per heavy atom. The first-order chi connectivity index (χ1) is 8.19. The SMILES string of the molecule is ClCc1ccc(Oc2cccc(I)c2)c(Cl)c1. The zero-order valence-electron chi connectivity index (χ0n) is 8.79. The maximum Gasteiger partial charge on any atom is 0.146 e. The largest absolute Gasteiger partial charge is 0.456 e. The van der Waals surface area contributed by atoms with E-state index in [4.69, 9.17) is 27.9 Å². The van der Waals surface area contributed by atoms with Crippen molar-refractivity contribution in [3.63, 3.8) is 0 Å². The van der Waals surface area contributed by atoms with Crippen molar-refractivity contribution in [2.75, 3.05) is 0 Å². The van der Waals surface area contributed by atoms with Crippen LogP contribution in [0.3, 0.4) is 0 Å². The molecule has 2 aromatic rings. The van der Waals surface area contributed by atoms with Crippen molar-refractivity contribution >= 4 is 45.8 Å². The molecule has 0 unspecified atom stereocenters. The summed E-state index contributed by atoms with van der Waals surface area (Å²) in [5.41, 5.74) is 0.978. The van der Waals surface area contributed by atoms with E-state index >= 15 is 0 Å². The van der Waals surface area contributed by atoms with Crippen molar-refractivity contribution in [1.82, 2.24) is 0 Å². The Hall–Kier alpha value is -0.450. The van der Waals surface area contributed by atoms with E-state index in [9.17, 15) is 0 Å². The van der Waals surface area contributed by atoms with Gasteiger partial charge >= 0.3 is 0 Å². The Bertz CT molecular complexity index is 529. The minimum absolute atomic E-state index is 0.448. The maximum absolute atomic E-state index is 6.11. The fourth-order valence-corrected chi connectivity index (χ4v) is 2.29. The Kier molecular flexibility index (Phi) is 4.54. The molecule has 0 spiro atoms. The van der Waals surface area contributed by atoms with Crippen LogP contribution in [-0.2, 0) is 5.88 Å². The fourth-order valence-electron chi connectivity index (χ4n) is 1.37. The minimum atomic E-state index is 0.448. The molecule has 0 aliphatic heterocycles. The molecule has 4 heteroatoms. The quantitative estimate of drug-likeness (QED) is 0.507. The van der Waals surface area contributed by atoms with Crippen molar-refractivity contribution < 1.29 is 4.74 Å². The highest BCUT2D eigenvalue weighted by atomic mass is 127. The number of benzene rings is 2. The summed E-state index contributed by atoms with van der Waals surface area (Å²) in [6.07, 6.45) is 0. The average molecular weight is 379 g/mol. The lowest BCUT2D eigenvalue weighted by molar-refractivity contribution is 0.482. The highest BCUT2D eigenvalue weighted by molar-refractivity contribution is 14.1. The van der Waals surface area contributed by atoms with E-state index in [-0.39, 0.29) is 0 Å². The first-order valence-electron chi connectivity index (χ1n) is 4.97. The van der Waals surface area contributed by atoms with E-state index in [1.54, 1.807) is 0 Å². The third-order valence-electron chi connectivity index (χ3n) is 2.17. The number of halogens is 3. The van der Waals surface area contributed by atoms with Gasteiger partial charge in [-0.05, 0) is 58.5 Å². The van der Waals surface area contributed by atoms with Gasteiger partial charge in [-0.15, -0.1) is 11.6 Å². The van der Waals surface area contributed by atoms with Gasteiger partial charge in [0.15, 0.2) is 0 Å². The number of hydrogen-bond acceptors (Lipinski definition) is 1. The fraction of sp³-hybridized carbons (Fsp3) is 0.0769. The van der Waals surface area contributed by atoms with Gasteiger partial charge in [-0.1, -0.05) is 23.7 Å². The van der Waals surface area contributed by atoms with Crippen molar-refractivity contribution in [3.8, 4) is 11.5 Å². The molecule has 0 amide bonds. The van der Waals surface area contributed by atoms with Gasteiger partial charge in [0.05, 0.1) is 5.02 Å². The van der Waals surface area contributed by atoms with E-state index < -0.39 is 0 Å². The van der Waals surface area contributed by atoms with Crippen LogP contribution in [0.15, 0.2) is 42.5 Å². The van der Waals surface area contributed by atoms with Crippen LogP contribution in [0.5, 0.6) is 11.5 Å². The minimum Gasteiger partial charge on any atom is -0.456 e. The molecular weight excluding hydrogens is 370 g/mol. The molecular formula is C13H9Cl2IO. The third-order valence-corrected chi connectivity index (χ3v) is 3.45. The normalized spacial score (nSPS) is 10.3. The van der Waals surface area contributed by atoms with Crippen molar-refractivity contribution in [2.24, 2.45) is 0 Å². The zero-order valence-corrected chi connectivity index (χ0v) is 12.5. The van der Waals surface area contributed by atoms with Crippen LogP contribution in [0, 0.1) is 3.57 Å². The smallest absolute Gasteiger partial charge is 0.146 e. The zero-order chi connectivity index (χ0) is 12.3. The molecule has 0 N–H and O–H groups in total. The van der Waals surface area contributed by atoms with Gasteiger partial charge in [0.1, 0.15) is 11.5 Å². The van der Waals surface area contributed by atoms with Gasteiger partial charge in [0.2, 0.25) is 0 Å². The van der Waals surface area contributed by atoms with E-state index in [0.717, 1.165) is 14.9 Å². The van der Waals surface area contributed by atoms with E-state index in [1.807, 2.05) is 42.5 Å². The van der Waals surface area contributed by atoms with Crippen LogP contribution in [-0.4, -0.2) is 0 Å². The van der Waals surface area contributed by atoms with E-state index in [1.165, 1.54) is 0 Å². The molecule has 0 bridgehead atoms. The predicted octanol–water partition coefficient (Wildman–Crippen LogP) is 5.48. The molecule has 0 saturated carbocycles. The molecule has 0 radical (unpaired) electrons. The molecule has 0 atom stereocenters. The topological polar surface area (TPSA) is 9.23 Å². The van der Waals surface area contributed by atoms with Gasteiger partial charge in [-0.3, -0.25) is 0 Å². The lowest BCUT2D eigenvalue weighted by Crippen LogP contribution is -1.87. The lowest BCUT2D eigenvalue weighted by Gasteiger charge is -2.08. The number of ether oxygens (including phenoxy) is 1. The molecule has 0 aliphatic rings. The molecule has 17 heavy (non-hydrogen) atoms. The molecule has 2 rings (SSSR count). The standard InChI is InChI=1S/C13H9Cl2IO/c14-8-9-4-5-13(12(15)6-9)17-11-3-1-2-10(16)7-11/h1-7H,8H2. The summed E-state index contributed by atoms with van der Waals surface area (Å²) in [6, 6.07) is 13.4. The summed E-state index contributed by atoms with van der Waals surface area (Å²) in [5.74, 6) is 1.86. The highest BCUT2D eigenvalue weighted by Gasteiger charge is 2.04. The highest BCUT2D eigenvalue weighted by Crippen LogP contribution is 2.31. The molecule has 0 fully saturated rings. The molecule has 2 aromatic carbocycles. The molecule has 88 valence electrons. The Labute approximate surface area is 124 Å². The van der Waals surface area contributed by atoms with E-state index in [0.29, 0.717) is 16.7 Å². The molecule has 0 aromatic heterocycles. The van der Waals surface area contributed by atoms with Gasteiger partial charge in [-0.2, -0.15) is 0 Å². The number of hydrogen-bond donors (Lipinski definition) is 0. The lowest BCUT2D eigenvalue weighted by atomic mass is 10.2. The Morgan fingerprint density at radius 3 is 2.59 bits per heavy atom. The van der Waals surface area contributed by atoms with Gasteiger partial charge in [0.25, 0.3) is 0 Å². The third kappa shape index (κ3) is 3.50. The second-order valence-electron chi connectivity index (χ2n) is 3.46. The summed E-state index contributed by atoms with van der Waals surface area (Å²) in [7, 11) is 0. The van der Waals surface area contributed by atoms with Crippen LogP contribution in [0.25, 0.3) is 0 Å². The van der Waals surface area contributed by atoms with Gasteiger partial charge in [0, 0.05) is 9.45 Å². The summed E-state index contributed by atoms with van der Waals surface area (Å²) < 4.78 is 6.83. The monoisotopic (exact) mass is 378 g/mol. The predicted molar refractivity (Wildman–Crippen MR) is 80.2 cm³/mol. The van der Waals surface area contributed by atoms with Crippen molar-refractivity contribution in [2.45, 2.75) is 5.88 Å². The molecule has 0 saturated heterocycles. The van der Waals surface area contributed by atoms with Crippen LogP contribution in [0.4, 0.5) is 0 Å². The number of alkyl halides is 1.